The number of hydrogen-bond acceptors (Lipinski definition) is 4. The molecule has 0 amide bonds. The van der Waals surface area contributed by atoms with Crippen molar-refractivity contribution < 1.29 is 14.4 Å². The number of carbonyl (C=O) groups excluding carboxylic acids is 1. The Hall–Kier alpha value is -1.46. The van der Waals surface area contributed by atoms with Crippen molar-refractivity contribution in [1.29, 1.82) is 0 Å². The summed E-state index contributed by atoms with van der Waals surface area (Å²) in [7, 11) is 0. The zero-order valence-corrected chi connectivity index (χ0v) is 10.5. The first-order valence-electron chi connectivity index (χ1n) is 4.57. The highest BCUT2D eigenvalue weighted by molar-refractivity contribution is 6.35. The van der Waals surface area contributed by atoms with Gasteiger partial charge in [-0.2, -0.15) is 0 Å². The van der Waals surface area contributed by atoms with Gasteiger partial charge in [0.25, 0.3) is 0 Å². The summed E-state index contributed by atoms with van der Waals surface area (Å²) in [4.78, 5) is 15.5. The van der Waals surface area contributed by atoms with E-state index in [1.807, 2.05) is 0 Å². The largest absolute Gasteiger partial charge is 0.480 e. The van der Waals surface area contributed by atoms with Gasteiger partial charge in [-0.15, -0.1) is 0 Å². The predicted octanol–water partition coefficient (Wildman–Crippen LogP) is 2.21. The van der Waals surface area contributed by atoms with E-state index in [0.717, 1.165) is 0 Å². The molecule has 0 heterocycles. The maximum atomic E-state index is 11.1. The van der Waals surface area contributed by atoms with Crippen LogP contribution in [0.1, 0.15) is 6.92 Å². The molecule has 0 aliphatic carbocycles. The first-order valence-corrected chi connectivity index (χ1v) is 5.32. The predicted molar refractivity (Wildman–Crippen MR) is 65.3 cm³/mol. The quantitative estimate of drug-likeness (QED) is 0.396. The molecule has 0 saturated carbocycles. The molecule has 92 valence electrons. The molecule has 0 aliphatic rings. The van der Waals surface area contributed by atoms with Gasteiger partial charge >= 0.3 is 5.97 Å². The SMILES string of the molecule is C/C(N)=N/OC(=O)COc1ccc(Cl)cc1Cl. The first kappa shape index (κ1) is 13.6. The summed E-state index contributed by atoms with van der Waals surface area (Å²) in [5.41, 5.74) is 5.18. The number of benzene rings is 1. The van der Waals surface area contributed by atoms with Gasteiger partial charge in [0.1, 0.15) is 11.6 Å². The molecule has 0 spiro atoms. The number of oxime groups is 1. The van der Waals surface area contributed by atoms with Crippen molar-refractivity contribution in [2.75, 3.05) is 6.61 Å². The Bertz CT molecular complexity index is 445. The summed E-state index contributed by atoms with van der Waals surface area (Å²) in [5.74, 6) is -0.204. The molecular weight excluding hydrogens is 267 g/mol. The van der Waals surface area contributed by atoms with Crippen LogP contribution in [0.5, 0.6) is 5.75 Å². The maximum Gasteiger partial charge on any atom is 0.372 e. The monoisotopic (exact) mass is 276 g/mol. The third kappa shape index (κ3) is 4.93. The molecule has 0 radical (unpaired) electrons. The molecule has 2 N–H and O–H groups in total. The number of hydrogen-bond donors (Lipinski definition) is 1. The van der Waals surface area contributed by atoms with Crippen molar-refractivity contribution in [3.63, 3.8) is 0 Å². The lowest BCUT2D eigenvalue weighted by molar-refractivity contribution is -0.146. The van der Waals surface area contributed by atoms with Gasteiger partial charge in [0.2, 0.25) is 0 Å². The highest BCUT2D eigenvalue weighted by atomic mass is 35.5. The minimum atomic E-state index is -0.680. The van der Waals surface area contributed by atoms with E-state index in [-0.39, 0.29) is 12.4 Å². The van der Waals surface area contributed by atoms with Crippen molar-refractivity contribution in [3.05, 3.63) is 28.2 Å². The molecule has 0 aliphatic heterocycles. The maximum absolute atomic E-state index is 11.1. The second-order valence-corrected chi connectivity index (χ2v) is 3.90. The number of halogens is 2. The van der Waals surface area contributed by atoms with Crippen LogP contribution in [-0.2, 0) is 9.63 Å². The topological polar surface area (TPSA) is 73.9 Å². The van der Waals surface area contributed by atoms with Crippen LogP contribution < -0.4 is 10.5 Å². The van der Waals surface area contributed by atoms with Crippen molar-refractivity contribution in [2.24, 2.45) is 10.9 Å². The average Bonchev–Trinajstić information content (AvgIpc) is 2.25. The van der Waals surface area contributed by atoms with Gasteiger partial charge in [-0.3, -0.25) is 0 Å². The second-order valence-electron chi connectivity index (χ2n) is 3.06. The molecule has 1 rings (SSSR count). The van der Waals surface area contributed by atoms with E-state index in [1.165, 1.54) is 13.0 Å². The standard InChI is InChI=1S/C10H10Cl2N2O3/c1-6(13)14-17-10(15)5-16-9-3-2-7(11)4-8(9)12/h2-4H,5H2,1H3,(H2,13,14). The first-order chi connectivity index (χ1) is 7.99. The third-order valence-electron chi connectivity index (χ3n) is 1.53. The molecular formula is C10H10Cl2N2O3. The van der Waals surface area contributed by atoms with Crippen LogP contribution in [0.25, 0.3) is 0 Å². The van der Waals surface area contributed by atoms with E-state index in [0.29, 0.717) is 15.8 Å². The molecule has 0 bridgehead atoms. The number of carbonyl (C=O) groups is 1. The molecule has 0 fully saturated rings. The minimum Gasteiger partial charge on any atom is -0.480 e. The lowest BCUT2D eigenvalue weighted by Crippen LogP contribution is -2.15. The molecule has 0 aromatic heterocycles. The molecule has 17 heavy (non-hydrogen) atoms. The molecule has 1 aromatic rings. The zero-order chi connectivity index (χ0) is 12.8. The highest BCUT2D eigenvalue weighted by Gasteiger charge is 2.07. The summed E-state index contributed by atoms with van der Waals surface area (Å²) in [6.07, 6.45) is 0. The fourth-order valence-corrected chi connectivity index (χ4v) is 1.34. The zero-order valence-electron chi connectivity index (χ0n) is 8.94. The fraction of sp³-hybridized carbons (Fsp3) is 0.200. The van der Waals surface area contributed by atoms with E-state index in [4.69, 9.17) is 33.7 Å². The molecule has 0 unspecified atom stereocenters. The Kier molecular flexibility index (Phi) is 5.06. The van der Waals surface area contributed by atoms with E-state index in [9.17, 15) is 4.79 Å². The Morgan fingerprint density at radius 2 is 2.18 bits per heavy atom. The van der Waals surface area contributed by atoms with Crippen LogP contribution in [0.3, 0.4) is 0 Å². The summed E-state index contributed by atoms with van der Waals surface area (Å²) in [5, 5.41) is 4.07. The smallest absolute Gasteiger partial charge is 0.372 e. The molecule has 0 saturated heterocycles. The minimum absolute atomic E-state index is 0.142. The van der Waals surface area contributed by atoms with E-state index >= 15 is 0 Å². The Labute approximate surface area is 108 Å². The van der Waals surface area contributed by atoms with Crippen LogP contribution in [0, 0.1) is 0 Å². The fourth-order valence-electron chi connectivity index (χ4n) is 0.878. The van der Waals surface area contributed by atoms with Gasteiger partial charge in [0, 0.05) is 5.02 Å². The molecule has 5 nitrogen and oxygen atoms in total. The number of nitrogens with zero attached hydrogens (tertiary/aromatic N) is 1. The lowest BCUT2D eigenvalue weighted by Gasteiger charge is -2.06. The van der Waals surface area contributed by atoms with Crippen LogP contribution >= 0.6 is 23.2 Å². The van der Waals surface area contributed by atoms with Crippen LogP contribution in [0.15, 0.2) is 23.4 Å². The second kappa shape index (κ2) is 6.32. The van der Waals surface area contributed by atoms with Crippen LogP contribution in [0.2, 0.25) is 10.0 Å². The van der Waals surface area contributed by atoms with Crippen molar-refractivity contribution in [3.8, 4) is 5.75 Å². The number of amidine groups is 1. The number of nitrogens with two attached hydrogens (primary N) is 1. The number of rotatable bonds is 4. The van der Waals surface area contributed by atoms with Crippen molar-refractivity contribution >= 4 is 35.0 Å². The van der Waals surface area contributed by atoms with Crippen LogP contribution in [-0.4, -0.2) is 18.4 Å². The highest BCUT2D eigenvalue weighted by Crippen LogP contribution is 2.27. The van der Waals surface area contributed by atoms with Crippen molar-refractivity contribution in [1.82, 2.24) is 0 Å². The van der Waals surface area contributed by atoms with Gasteiger partial charge in [0.15, 0.2) is 6.61 Å². The molecule has 1 aromatic carbocycles. The molecule has 7 heteroatoms. The summed E-state index contributed by atoms with van der Waals surface area (Å²) in [6, 6.07) is 4.65. The summed E-state index contributed by atoms with van der Waals surface area (Å²) >= 11 is 11.5. The third-order valence-corrected chi connectivity index (χ3v) is 2.06. The van der Waals surface area contributed by atoms with E-state index < -0.39 is 5.97 Å². The van der Waals surface area contributed by atoms with Crippen molar-refractivity contribution in [2.45, 2.75) is 6.92 Å². The normalized spacial score (nSPS) is 11.1. The van der Waals surface area contributed by atoms with Gasteiger partial charge in [-0.1, -0.05) is 28.4 Å². The lowest BCUT2D eigenvalue weighted by atomic mass is 10.3. The average molecular weight is 277 g/mol. The Morgan fingerprint density at radius 3 is 2.76 bits per heavy atom. The summed E-state index contributed by atoms with van der Waals surface area (Å²) < 4.78 is 5.11. The summed E-state index contributed by atoms with van der Waals surface area (Å²) in [6.45, 7) is 1.17. The van der Waals surface area contributed by atoms with Gasteiger partial charge in [-0.05, 0) is 25.1 Å². The van der Waals surface area contributed by atoms with Gasteiger partial charge in [0.05, 0.1) is 5.02 Å². The number of ether oxygens (including phenoxy) is 1. The van der Waals surface area contributed by atoms with Gasteiger partial charge in [-0.25, -0.2) is 4.79 Å². The van der Waals surface area contributed by atoms with E-state index in [2.05, 4.69) is 9.99 Å². The van der Waals surface area contributed by atoms with Gasteiger partial charge < -0.3 is 15.3 Å². The molecule has 0 atom stereocenters. The Balaban J connectivity index is 2.50. The van der Waals surface area contributed by atoms with E-state index in [1.54, 1.807) is 12.1 Å². The Morgan fingerprint density at radius 1 is 1.47 bits per heavy atom. The van der Waals surface area contributed by atoms with Crippen LogP contribution in [0.4, 0.5) is 0 Å².